The summed E-state index contributed by atoms with van der Waals surface area (Å²) in [4.78, 5) is 30.7. The van der Waals surface area contributed by atoms with Crippen molar-refractivity contribution in [2.75, 3.05) is 48.0 Å². The highest BCUT2D eigenvalue weighted by Gasteiger charge is 2.42. The van der Waals surface area contributed by atoms with E-state index in [0.29, 0.717) is 53.5 Å². The number of methoxy groups -OCH3 is 2. The summed E-state index contributed by atoms with van der Waals surface area (Å²) in [6.07, 6.45) is 0. The van der Waals surface area contributed by atoms with Crippen molar-refractivity contribution in [2.45, 2.75) is 13.0 Å². The Kier molecular flexibility index (Phi) is 6.29. The predicted molar refractivity (Wildman–Crippen MR) is 125 cm³/mol. The van der Waals surface area contributed by atoms with E-state index in [0.717, 1.165) is 5.56 Å². The molecule has 0 saturated carbocycles. The second-order valence-corrected chi connectivity index (χ2v) is 8.08. The summed E-state index contributed by atoms with van der Waals surface area (Å²) < 4.78 is 22.4. The van der Waals surface area contributed by atoms with Crippen molar-refractivity contribution >= 4 is 16.9 Å². The third-order valence-electron chi connectivity index (χ3n) is 5.77. The summed E-state index contributed by atoms with van der Waals surface area (Å²) in [5.74, 6) is 1.45. The molecule has 0 aliphatic carbocycles. The van der Waals surface area contributed by atoms with Crippen LogP contribution >= 0.6 is 0 Å². The Labute approximate surface area is 192 Å². The van der Waals surface area contributed by atoms with Gasteiger partial charge in [0, 0.05) is 19.2 Å². The fourth-order valence-electron chi connectivity index (χ4n) is 4.14. The van der Waals surface area contributed by atoms with Gasteiger partial charge in [0.2, 0.25) is 5.76 Å². The molecule has 1 amide bonds. The van der Waals surface area contributed by atoms with Crippen molar-refractivity contribution in [1.82, 2.24) is 9.80 Å². The van der Waals surface area contributed by atoms with Crippen LogP contribution in [0.3, 0.4) is 0 Å². The van der Waals surface area contributed by atoms with Crippen LogP contribution in [0, 0.1) is 0 Å². The van der Waals surface area contributed by atoms with Gasteiger partial charge in [0.15, 0.2) is 16.9 Å². The highest BCUT2D eigenvalue weighted by atomic mass is 16.5. The first kappa shape index (κ1) is 22.7. The normalized spacial score (nSPS) is 15.3. The maximum Gasteiger partial charge on any atom is 0.290 e. The molecule has 1 aromatic heterocycles. The maximum absolute atomic E-state index is 13.6. The molecule has 174 valence electrons. The van der Waals surface area contributed by atoms with Gasteiger partial charge in [-0.3, -0.25) is 9.59 Å². The van der Waals surface area contributed by atoms with Crippen molar-refractivity contribution in [3.05, 3.63) is 63.5 Å². The van der Waals surface area contributed by atoms with Crippen LogP contribution < -0.4 is 19.6 Å². The minimum absolute atomic E-state index is 0.0670. The van der Waals surface area contributed by atoms with Gasteiger partial charge in [-0.05, 0) is 50.8 Å². The molecule has 1 aliphatic rings. The zero-order chi connectivity index (χ0) is 23.7. The second-order valence-electron chi connectivity index (χ2n) is 8.08. The molecular formula is C25H28N2O6. The smallest absolute Gasteiger partial charge is 0.290 e. The number of ether oxygens (including phenoxy) is 3. The summed E-state index contributed by atoms with van der Waals surface area (Å²) in [6.45, 7) is 3.45. The minimum Gasteiger partial charge on any atom is -0.497 e. The van der Waals surface area contributed by atoms with Crippen LogP contribution in [-0.2, 0) is 0 Å². The van der Waals surface area contributed by atoms with Crippen molar-refractivity contribution in [3.63, 3.8) is 0 Å². The van der Waals surface area contributed by atoms with E-state index in [-0.39, 0.29) is 17.1 Å². The zero-order valence-corrected chi connectivity index (χ0v) is 19.5. The Bertz CT molecular complexity index is 1250. The maximum atomic E-state index is 13.6. The van der Waals surface area contributed by atoms with Gasteiger partial charge in [0.1, 0.15) is 11.3 Å². The molecule has 33 heavy (non-hydrogen) atoms. The number of benzene rings is 2. The van der Waals surface area contributed by atoms with E-state index in [1.165, 1.54) is 7.11 Å². The number of fused-ring (bicyclic) bond motifs is 2. The number of likely N-dealkylation sites (N-methyl/N-ethyl adjacent to an activating group) is 1. The van der Waals surface area contributed by atoms with E-state index in [9.17, 15) is 9.59 Å². The largest absolute Gasteiger partial charge is 0.497 e. The number of rotatable bonds is 8. The SMILES string of the molecule is CCOc1ccc(C2c3c(oc4cc(OC)ccc4c3=O)C(=O)N2CCN(C)C)cc1OC. The Balaban J connectivity index is 1.91. The molecule has 1 unspecified atom stereocenters. The number of nitrogens with zero attached hydrogens (tertiary/aromatic N) is 2. The molecule has 0 spiro atoms. The molecule has 4 rings (SSSR count). The third kappa shape index (κ3) is 4.02. The Morgan fingerprint density at radius 2 is 1.82 bits per heavy atom. The standard InChI is InChI=1S/C25H28N2O6/c1-6-32-18-10-7-15(13-20(18)31-5)22-21-23(28)17-9-8-16(30-4)14-19(17)33-24(21)25(29)27(22)12-11-26(2)3/h7-10,13-14,22H,6,11-12H2,1-5H3. The number of amides is 1. The van der Waals surface area contributed by atoms with Gasteiger partial charge in [0.05, 0.1) is 37.8 Å². The molecule has 8 nitrogen and oxygen atoms in total. The van der Waals surface area contributed by atoms with Crippen molar-refractivity contribution in [3.8, 4) is 17.2 Å². The number of carbonyl (C=O) groups excluding carboxylic acids is 1. The lowest BCUT2D eigenvalue weighted by Gasteiger charge is -2.27. The van der Waals surface area contributed by atoms with Crippen molar-refractivity contribution < 1.29 is 23.4 Å². The molecule has 3 aromatic rings. The van der Waals surface area contributed by atoms with Crippen LogP contribution in [-0.4, -0.2) is 63.7 Å². The molecule has 2 aromatic carbocycles. The van der Waals surface area contributed by atoms with Crippen LogP contribution in [0.25, 0.3) is 11.0 Å². The molecule has 2 heterocycles. The first-order chi connectivity index (χ1) is 15.9. The van der Waals surface area contributed by atoms with Crippen LogP contribution in [0.2, 0.25) is 0 Å². The van der Waals surface area contributed by atoms with Crippen LogP contribution in [0.5, 0.6) is 17.2 Å². The summed E-state index contributed by atoms with van der Waals surface area (Å²) in [7, 11) is 6.98. The number of hydrogen-bond acceptors (Lipinski definition) is 7. The average Bonchev–Trinajstić information content (AvgIpc) is 3.09. The Hall–Kier alpha value is -3.52. The average molecular weight is 453 g/mol. The third-order valence-corrected chi connectivity index (χ3v) is 5.77. The lowest BCUT2D eigenvalue weighted by molar-refractivity contribution is 0.0716. The summed E-state index contributed by atoms with van der Waals surface area (Å²) in [5, 5.41) is 0.403. The van der Waals surface area contributed by atoms with E-state index in [1.54, 1.807) is 36.3 Å². The predicted octanol–water partition coefficient (Wildman–Crippen LogP) is 3.32. The van der Waals surface area contributed by atoms with Gasteiger partial charge in [-0.25, -0.2) is 0 Å². The fraction of sp³-hybridized carbons (Fsp3) is 0.360. The van der Waals surface area contributed by atoms with Gasteiger partial charge < -0.3 is 28.4 Å². The molecular weight excluding hydrogens is 424 g/mol. The summed E-state index contributed by atoms with van der Waals surface area (Å²) >= 11 is 0. The lowest BCUT2D eigenvalue weighted by Crippen LogP contribution is -2.35. The highest BCUT2D eigenvalue weighted by molar-refractivity contribution is 5.99. The first-order valence-electron chi connectivity index (χ1n) is 10.8. The van der Waals surface area contributed by atoms with Crippen molar-refractivity contribution in [1.29, 1.82) is 0 Å². The Morgan fingerprint density at radius 3 is 2.48 bits per heavy atom. The molecule has 0 fully saturated rings. The molecule has 1 atom stereocenters. The highest BCUT2D eigenvalue weighted by Crippen LogP contribution is 2.41. The van der Waals surface area contributed by atoms with E-state index in [1.807, 2.05) is 38.1 Å². The summed E-state index contributed by atoms with van der Waals surface area (Å²) in [5.41, 5.74) is 1.18. The molecule has 8 heteroatoms. The van der Waals surface area contributed by atoms with Crippen LogP contribution in [0.1, 0.15) is 34.6 Å². The molecule has 1 aliphatic heterocycles. The van der Waals surface area contributed by atoms with Gasteiger partial charge in [0.25, 0.3) is 5.91 Å². The fourth-order valence-corrected chi connectivity index (χ4v) is 4.14. The van der Waals surface area contributed by atoms with Crippen molar-refractivity contribution in [2.24, 2.45) is 0 Å². The van der Waals surface area contributed by atoms with Gasteiger partial charge in [-0.2, -0.15) is 0 Å². The van der Waals surface area contributed by atoms with Gasteiger partial charge >= 0.3 is 0 Å². The van der Waals surface area contributed by atoms with Crippen LogP contribution in [0.4, 0.5) is 0 Å². The van der Waals surface area contributed by atoms with E-state index in [4.69, 9.17) is 18.6 Å². The lowest BCUT2D eigenvalue weighted by atomic mass is 9.98. The zero-order valence-electron chi connectivity index (χ0n) is 19.5. The molecule has 0 radical (unpaired) electrons. The Morgan fingerprint density at radius 1 is 1.03 bits per heavy atom. The molecule has 0 saturated heterocycles. The number of hydrogen-bond donors (Lipinski definition) is 0. The van der Waals surface area contributed by atoms with E-state index >= 15 is 0 Å². The van der Waals surface area contributed by atoms with Gasteiger partial charge in [-0.15, -0.1) is 0 Å². The topological polar surface area (TPSA) is 81.5 Å². The minimum atomic E-state index is -0.597. The van der Waals surface area contributed by atoms with Gasteiger partial charge in [-0.1, -0.05) is 6.07 Å². The first-order valence-corrected chi connectivity index (χ1v) is 10.8. The number of carbonyl (C=O) groups is 1. The second kappa shape index (κ2) is 9.15. The summed E-state index contributed by atoms with van der Waals surface area (Å²) in [6, 6.07) is 9.89. The van der Waals surface area contributed by atoms with Crippen LogP contribution in [0.15, 0.2) is 45.6 Å². The van der Waals surface area contributed by atoms with E-state index < -0.39 is 6.04 Å². The molecule has 0 bridgehead atoms. The van der Waals surface area contributed by atoms with E-state index in [2.05, 4.69) is 0 Å². The monoisotopic (exact) mass is 452 g/mol. The molecule has 0 N–H and O–H groups in total. The quantitative estimate of drug-likeness (QED) is 0.519.